The van der Waals surface area contributed by atoms with Crippen LogP contribution in [0.4, 0.5) is 17.6 Å². The lowest BCUT2D eigenvalue weighted by Gasteiger charge is -2.19. The van der Waals surface area contributed by atoms with Crippen molar-refractivity contribution in [2.24, 2.45) is 0 Å². The van der Waals surface area contributed by atoms with Crippen LogP contribution in [0, 0.1) is 23.3 Å². The monoisotopic (exact) mass is 297 g/mol. The summed E-state index contributed by atoms with van der Waals surface area (Å²) < 4.78 is 53.8. The van der Waals surface area contributed by atoms with Crippen LogP contribution >= 0.6 is 0 Å². The Morgan fingerprint density at radius 1 is 0.905 bits per heavy atom. The number of hydrogen-bond donors (Lipinski definition) is 1. The zero-order valence-corrected chi connectivity index (χ0v) is 11.5. The third kappa shape index (κ3) is 3.82. The molecule has 2 aromatic rings. The molecule has 0 bridgehead atoms. The molecule has 1 atom stereocenters. The number of rotatable bonds is 5. The minimum atomic E-state index is -0.699. The molecule has 112 valence electrons. The molecule has 0 aliphatic heterocycles. The molecule has 0 aromatic heterocycles. The maximum atomic E-state index is 13.9. The molecule has 0 heterocycles. The second-order valence-electron chi connectivity index (χ2n) is 4.72. The van der Waals surface area contributed by atoms with E-state index in [0.29, 0.717) is 6.54 Å². The van der Waals surface area contributed by atoms with Crippen molar-refractivity contribution in [3.8, 4) is 0 Å². The quantitative estimate of drug-likeness (QED) is 0.818. The van der Waals surface area contributed by atoms with Crippen LogP contribution in [-0.4, -0.2) is 6.54 Å². The predicted octanol–water partition coefficient (Wildman–Crippen LogP) is 4.14. The van der Waals surface area contributed by atoms with E-state index in [4.69, 9.17) is 0 Å². The average molecular weight is 297 g/mol. The van der Waals surface area contributed by atoms with E-state index < -0.39 is 29.3 Å². The minimum Gasteiger partial charge on any atom is -0.310 e. The van der Waals surface area contributed by atoms with Crippen molar-refractivity contribution >= 4 is 0 Å². The first kappa shape index (κ1) is 15.5. The first-order chi connectivity index (χ1) is 10.0. The number of benzene rings is 2. The van der Waals surface area contributed by atoms with E-state index in [1.165, 1.54) is 6.07 Å². The number of nitrogens with one attached hydrogen (secondary N) is 1. The Balaban J connectivity index is 2.32. The van der Waals surface area contributed by atoms with Crippen LogP contribution in [-0.2, 0) is 6.42 Å². The fraction of sp³-hybridized carbons (Fsp3) is 0.250. The first-order valence-corrected chi connectivity index (χ1v) is 6.63. The predicted molar refractivity (Wildman–Crippen MR) is 72.8 cm³/mol. The summed E-state index contributed by atoms with van der Waals surface area (Å²) in [6.45, 7) is 2.31. The van der Waals surface area contributed by atoms with Gasteiger partial charge in [0.15, 0.2) is 0 Å². The molecule has 2 aromatic carbocycles. The van der Waals surface area contributed by atoms with E-state index in [1.54, 1.807) is 0 Å². The third-order valence-corrected chi connectivity index (χ3v) is 3.22. The molecule has 5 heteroatoms. The van der Waals surface area contributed by atoms with Crippen molar-refractivity contribution < 1.29 is 17.6 Å². The second-order valence-corrected chi connectivity index (χ2v) is 4.72. The lowest BCUT2D eigenvalue weighted by molar-refractivity contribution is 0.489. The van der Waals surface area contributed by atoms with Crippen molar-refractivity contribution in [1.82, 2.24) is 5.32 Å². The van der Waals surface area contributed by atoms with Crippen LogP contribution in [0.15, 0.2) is 36.4 Å². The van der Waals surface area contributed by atoms with E-state index in [9.17, 15) is 17.6 Å². The highest BCUT2D eigenvalue weighted by molar-refractivity contribution is 5.27. The van der Waals surface area contributed by atoms with Gasteiger partial charge in [0.25, 0.3) is 0 Å². The Labute approximate surface area is 120 Å². The van der Waals surface area contributed by atoms with Crippen molar-refractivity contribution in [3.63, 3.8) is 0 Å². The van der Waals surface area contributed by atoms with Gasteiger partial charge in [0, 0.05) is 17.7 Å². The van der Waals surface area contributed by atoms with Crippen LogP contribution in [0.2, 0.25) is 0 Å². The zero-order chi connectivity index (χ0) is 15.4. The number of likely N-dealkylation sites (N-methyl/N-ethyl adjacent to an activating group) is 1. The SMILES string of the molecule is CCNC(Cc1ccc(F)cc1F)c1cc(F)ccc1F. The molecule has 1 nitrogen and oxygen atoms in total. The van der Waals surface area contributed by atoms with Gasteiger partial charge in [-0.25, -0.2) is 17.6 Å². The third-order valence-electron chi connectivity index (χ3n) is 3.22. The minimum absolute atomic E-state index is 0.0975. The fourth-order valence-electron chi connectivity index (χ4n) is 2.23. The average Bonchev–Trinajstić information content (AvgIpc) is 2.44. The molecule has 0 fully saturated rings. The first-order valence-electron chi connectivity index (χ1n) is 6.63. The molecule has 0 aliphatic rings. The summed E-state index contributed by atoms with van der Waals surface area (Å²) in [6, 6.07) is 5.79. The van der Waals surface area contributed by atoms with Gasteiger partial charge in [-0.2, -0.15) is 0 Å². The zero-order valence-electron chi connectivity index (χ0n) is 11.5. The molecule has 0 amide bonds. The van der Waals surface area contributed by atoms with Crippen molar-refractivity contribution in [1.29, 1.82) is 0 Å². The fourth-order valence-corrected chi connectivity index (χ4v) is 2.23. The van der Waals surface area contributed by atoms with Crippen LogP contribution in [0.25, 0.3) is 0 Å². The summed E-state index contributed by atoms with van der Waals surface area (Å²) in [4.78, 5) is 0. The summed E-state index contributed by atoms with van der Waals surface area (Å²) in [5.41, 5.74) is 0.367. The normalized spacial score (nSPS) is 12.4. The van der Waals surface area contributed by atoms with Crippen LogP contribution < -0.4 is 5.32 Å². The highest BCUT2D eigenvalue weighted by Gasteiger charge is 2.18. The highest BCUT2D eigenvalue weighted by Crippen LogP contribution is 2.24. The smallest absolute Gasteiger partial charge is 0.129 e. The molecular weight excluding hydrogens is 282 g/mol. The molecule has 1 N–H and O–H groups in total. The Hall–Kier alpha value is -1.88. The van der Waals surface area contributed by atoms with Gasteiger partial charge in [-0.1, -0.05) is 13.0 Å². The van der Waals surface area contributed by atoms with Gasteiger partial charge < -0.3 is 5.32 Å². The van der Waals surface area contributed by atoms with E-state index in [2.05, 4.69) is 5.32 Å². The largest absolute Gasteiger partial charge is 0.310 e. The van der Waals surface area contributed by atoms with Gasteiger partial charge >= 0.3 is 0 Å². The summed E-state index contributed by atoms with van der Waals surface area (Å²) in [5, 5.41) is 2.99. The Morgan fingerprint density at radius 2 is 1.57 bits per heavy atom. The number of hydrogen-bond acceptors (Lipinski definition) is 1. The van der Waals surface area contributed by atoms with Gasteiger partial charge in [0.2, 0.25) is 0 Å². The maximum absolute atomic E-state index is 13.9. The van der Waals surface area contributed by atoms with E-state index in [1.807, 2.05) is 6.92 Å². The number of halogens is 4. The molecule has 0 aliphatic carbocycles. The van der Waals surface area contributed by atoms with Gasteiger partial charge in [-0.3, -0.25) is 0 Å². The maximum Gasteiger partial charge on any atom is 0.129 e. The van der Waals surface area contributed by atoms with Crippen molar-refractivity contribution in [2.45, 2.75) is 19.4 Å². The van der Waals surface area contributed by atoms with E-state index in [0.717, 1.165) is 30.3 Å². The lowest BCUT2D eigenvalue weighted by atomic mass is 9.97. The Bertz CT molecular complexity index is 628. The standard InChI is InChI=1S/C16H15F4N/c1-2-21-16(13-8-11(17)5-6-14(13)19)7-10-3-4-12(18)9-15(10)20/h3-6,8-9,16,21H,2,7H2,1H3. The van der Waals surface area contributed by atoms with Gasteiger partial charge in [0.05, 0.1) is 0 Å². The van der Waals surface area contributed by atoms with Crippen molar-refractivity contribution in [3.05, 3.63) is 70.8 Å². The molecule has 0 spiro atoms. The summed E-state index contributed by atoms with van der Waals surface area (Å²) in [7, 11) is 0. The van der Waals surface area contributed by atoms with Crippen LogP contribution in [0.5, 0.6) is 0 Å². The van der Waals surface area contributed by atoms with Crippen LogP contribution in [0.1, 0.15) is 24.1 Å². The molecule has 0 radical (unpaired) electrons. The summed E-state index contributed by atoms with van der Waals surface area (Å²) >= 11 is 0. The summed E-state index contributed by atoms with van der Waals surface area (Å²) in [6.07, 6.45) is 0.0975. The van der Waals surface area contributed by atoms with Crippen molar-refractivity contribution in [2.75, 3.05) is 6.54 Å². The molecule has 21 heavy (non-hydrogen) atoms. The van der Waals surface area contributed by atoms with E-state index in [-0.39, 0.29) is 17.5 Å². The highest BCUT2D eigenvalue weighted by atomic mass is 19.1. The molecule has 1 unspecified atom stereocenters. The Kier molecular flexibility index (Phi) is 4.96. The molecular formula is C16H15F4N. The Morgan fingerprint density at radius 3 is 2.24 bits per heavy atom. The summed E-state index contributed by atoms with van der Waals surface area (Å²) in [5.74, 6) is -2.50. The molecule has 0 saturated carbocycles. The molecule has 0 saturated heterocycles. The van der Waals surface area contributed by atoms with Gasteiger partial charge in [0.1, 0.15) is 23.3 Å². The molecule has 2 rings (SSSR count). The lowest BCUT2D eigenvalue weighted by Crippen LogP contribution is -2.24. The van der Waals surface area contributed by atoms with Gasteiger partial charge in [-0.05, 0) is 42.8 Å². The van der Waals surface area contributed by atoms with Gasteiger partial charge in [-0.15, -0.1) is 0 Å². The van der Waals surface area contributed by atoms with E-state index >= 15 is 0 Å². The van der Waals surface area contributed by atoms with Crippen LogP contribution in [0.3, 0.4) is 0 Å². The second kappa shape index (κ2) is 6.72. The topological polar surface area (TPSA) is 12.0 Å².